The molecule has 2 heterocycles. The third kappa shape index (κ3) is 4.31. The summed E-state index contributed by atoms with van der Waals surface area (Å²) in [6.07, 6.45) is 0.559. The van der Waals surface area contributed by atoms with Crippen molar-refractivity contribution in [2.45, 2.75) is 43.8 Å². The normalized spacial score (nSPS) is 25.2. The Morgan fingerprint density at radius 3 is 2.10 bits per heavy atom. The van der Waals surface area contributed by atoms with Gasteiger partial charge in [-0.25, -0.2) is 4.79 Å². The number of carboxylic acids is 1. The van der Waals surface area contributed by atoms with Crippen molar-refractivity contribution in [2.24, 2.45) is 5.92 Å². The maximum absolute atomic E-state index is 12.4. The molecule has 2 aliphatic rings. The zero-order chi connectivity index (χ0) is 21.1. The van der Waals surface area contributed by atoms with Gasteiger partial charge >= 0.3 is 5.97 Å². The van der Waals surface area contributed by atoms with Gasteiger partial charge in [0, 0.05) is 42.1 Å². The minimum atomic E-state index is -1.31. The number of nitrogens with zero attached hydrogens (tertiary/aromatic N) is 2. The largest absolute Gasteiger partial charge is 0.475 e. The number of fused-ring (bicyclic) bond motifs is 1. The first-order valence-electron chi connectivity index (χ1n) is 10.5. The van der Waals surface area contributed by atoms with Crippen molar-refractivity contribution in [3.8, 4) is 0 Å². The van der Waals surface area contributed by atoms with Crippen LogP contribution in [0.2, 0.25) is 0 Å². The zero-order valence-corrected chi connectivity index (χ0v) is 18.0. The number of rotatable bonds is 8. The van der Waals surface area contributed by atoms with Gasteiger partial charge in [0.25, 0.3) is 0 Å². The highest BCUT2D eigenvalue weighted by Crippen LogP contribution is 2.44. The number of carbonyl (C=O) groups is 2. The first-order chi connectivity index (χ1) is 14.6. The van der Waals surface area contributed by atoms with E-state index in [9.17, 15) is 14.7 Å². The van der Waals surface area contributed by atoms with Crippen LogP contribution in [-0.2, 0) is 22.7 Å². The van der Waals surface area contributed by atoms with Gasteiger partial charge in [0.05, 0.1) is 6.67 Å². The lowest BCUT2D eigenvalue weighted by molar-refractivity contribution is -0.151. The van der Waals surface area contributed by atoms with Crippen LogP contribution >= 0.6 is 11.8 Å². The number of benzene rings is 2. The van der Waals surface area contributed by atoms with E-state index in [0.717, 1.165) is 25.5 Å². The second-order valence-corrected chi connectivity index (χ2v) is 9.36. The van der Waals surface area contributed by atoms with E-state index in [1.54, 1.807) is 11.8 Å². The first-order valence-corrected chi connectivity index (χ1v) is 11.6. The van der Waals surface area contributed by atoms with Gasteiger partial charge in [-0.15, -0.1) is 0 Å². The number of thioether (sulfide) groups is 1. The fourth-order valence-electron chi connectivity index (χ4n) is 4.87. The lowest BCUT2D eigenvalue weighted by atomic mass is 9.89. The molecule has 0 bridgehead atoms. The van der Waals surface area contributed by atoms with E-state index in [-0.39, 0.29) is 11.3 Å². The van der Waals surface area contributed by atoms with Crippen LogP contribution in [0.15, 0.2) is 60.7 Å². The average molecular weight is 425 g/mol. The summed E-state index contributed by atoms with van der Waals surface area (Å²) in [7, 11) is 0. The molecule has 1 N–H and O–H groups in total. The van der Waals surface area contributed by atoms with E-state index >= 15 is 0 Å². The highest BCUT2D eigenvalue weighted by atomic mass is 32.2. The maximum atomic E-state index is 12.4. The van der Waals surface area contributed by atoms with Gasteiger partial charge in [0.2, 0.25) is 5.78 Å². The van der Waals surface area contributed by atoms with Crippen LogP contribution < -0.4 is 0 Å². The van der Waals surface area contributed by atoms with E-state index in [2.05, 4.69) is 46.2 Å². The third-order valence-corrected chi connectivity index (χ3v) is 7.81. The Balaban J connectivity index is 1.60. The lowest BCUT2D eigenvalue weighted by Gasteiger charge is -2.31. The minimum Gasteiger partial charge on any atom is -0.475 e. The molecule has 2 aromatic rings. The molecule has 0 spiro atoms. The highest BCUT2D eigenvalue weighted by Gasteiger charge is 2.52. The summed E-state index contributed by atoms with van der Waals surface area (Å²) in [6, 6.07) is 21.3. The van der Waals surface area contributed by atoms with Gasteiger partial charge in [-0.1, -0.05) is 67.6 Å². The number of hydrogen-bond donors (Lipinski definition) is 1. The van der Waals surface area contributed by atoms with Gasteiger partial charge in [0.15, 0.2) is 0 Å². The molecule has 2 fully saturated rings. The van der Waals surface area contributed by atoms with Crippen LogP contribution in [0.4, 0.5) is 0 Å². The van der Waals surface area contributed by atoms with Crippen molar-refractivity contribution in [1.29, 1.82) is 0 Å². The summed E-state index contributed by atoms with van der Waals surface area (Å²) >= 11 is 1.77. The highest BCUT2D eigenvalue weighted by molar-refractivity contribution is 8.00. The van der Waals surface area contributed by atoms with Gasteiger partial charge < -0.3 is 5.11 Å². The van der Waals surface area contributed by atoms with E-state index in [4.69, 9.17) is 0 Å². The number of carboxylic acid groups (broad SMARTS) is 1. The van der Waals surface area contributed by atoms with Crippen molar-refractivity contribution >= 4 is 23.5 Å². The van der Waals surface area contributed by atoms with Crippen LogP contribution in [0, 0.1) is 5.92 Å². The first kappa shape index (κ1) is 21.1. The van der Waals surface area contributed by atoms with Crippen LogP contribution in [-0.4, -0.2) is 56.4 Å². The van der Waals surface area contributed by atoms with Gasteiger partial charge in [-0.05, 0) is 17.5 Å². The van der Waals surface area contributed by atoms with Crippen molar-refractivity contribution < 1.29 is 14.7 Å². The van der Waals surface area contributed by atoms with Crippen LogP contribution in [0.5, 0.6) is 0 Å². The van der Waals surface area contributed by atoms with E-state index in [1.165, 1.54) is 11.1 Å². The molecule has 0 amide bonds. The second kappa shape index (κ2) is 9.33. The summed E-state index contributed by atoms with van der Waals surface area (Å²) in [4.78, 5) is 28.8. The fraction of sp³-hybridized carbons (Fsp3) is 0.417. The van der Waals surface area contributed by atoms with E-state index < -0.39 is 17.7 Å². The Hall–Kier alpha value is -2.15. The molecule has 2 aromatic carbocycles. The molecule has 0 aromatic heterocycles. The van der Waals surface area contributed by atoms with Crippen molar-refractivity contribution in [3.63, 3.8) is 0 Å². The van der Waals surface area contributed by atoms with E-state index in [0.29, 0.717) is 12.5 Å². The Morgan fingerprint density at radius 2 is 1.57 bits per heavy atom. The number of aliphatic carboxylic acids is 1. The summed E-state index contributed by atoms with van der Waals surface area (Å²) in [6.45, 7) is 4.43. The topological polar surface area (TPSA) is 60.9 Å². The van der Waals surface area contributed by atoms with E-state index in [1.807, 2.05) is 31.2 Å². The van der Waals surface area contributed by atoms with Crippen molar-refractivity contribution in [3.05, 3.63) is 71.8 Å². The van der Waals surface area contributed by atoms with Crippen LogP contribution in [0.1, 0.15) is 24.5 Å². The number of Topliss-reactive ketones (excluding diaryl/α,β-unsaturated/α-hetero) is 1. The molecule has 4 atom stereocenters. The fourth-order valence-corrected chi connectivity index (χ4v) is 6.80. The molecule has 0 radical (unpaired) electrons. The molecule has 5 nitrogen and oxygen atoms in total. The van der Waals surface area contributed by atoms with Gasteiger partial charge in [0.1, 0.15) is 0 Å². The standard InChI is InChI=1S/C24H28N2O3S/c1-2-19(22(27)24(28)29)23-21-20(15-30-23)25(13-17-9-5-3-6-10-17)16-26(21)14-18-11-7-4-8-12-18/h3-12,19-21,23H,2,13-16H2,1H3,(H,28,29)/t19?,20-,21?,23?/m0/s1. The quantitative estimate of drug-likeness (QED) is 0.655. The molecule has 3 unspecified atom stereocenters. The Morgan fingerprint density at radius 1 is 1.00 bits per heavy atom. The average Bonchev–Trinajstić information content (AvgIpc) is 3.32. The summed E-state index contributed by atoms with van der Waals surface area (Å²) in [5.41, 5.74) is 2.52. The number of carbonyl (C=O) groups excluding carboxylic acids is 1. The van der Waals surface area contributed by atoms with Gasteiger partial charge in [-0.2, -0.15) is 11.8 Å². The number of ketones is 1. The Bertz CT molecular complexity index is 877. The van der Waals surface area contributed by atoms with Crippen molar-refractivity contribution in [2.75, 3.05) is 12.4 Å². The molecular formula is C24H28N2O3S. The summed E-state index contributed by atoms with van der Waals surface area (Å²) in [5.74, 6) is -1.47. The smallest absolute Gasteiger partial charge is 0.372 e. The zero-order valence-electron chi connectivity index (χ0n) is 17.2. The summed E-state index contributed by atoms with van der Waals surface area (Å²) in [5, 5.41) is 9.36. The van der Waals surface area contributed by atoms with Crippen LogP contribution in [0.25, 0.3) is 0 Å². The second-order valence-electron chi connectivity index (χ2n) is 8.15. The summed E-state index contributed by atoms with van der Waals surface area (Å²) < 4.78 is 0. The molecule has 30 heavy (non-hydrogen) atoms. The third-order valence-electron chi connectivity index (χ3n) is 6.29. The Labute approximate surface area is 182 Å². The predicted octanol–water partition coefficient (Wildman–Crippen LogP) is 3.49. The monoisotopic (exact) mass is 424 g/mol. The van der Waals surface area contributed by atoms with Crippen molar-refractivity contribution in [1.82, 2.24) is 9.80 Å². The molecule has 158 valence electrons. The molecule has 0 aliphatic carbocycles. The molecule has 6 heteroatoms. The molecule has 2 saturated heterocycles. The maximum Gasteiger partial charge on any atom is 0.372 e. The molecular weight excluding hydrogens is 396 g/mol. The van der Waals surface area contributed by atoms with Gasteiger partial charge in [-0.3, -0.25) is 14.6 Å². The lowest BCUT2D eigenvalue weighted by Crippen LogP contribution is -2.45. The molecule has 4 rings (SSSR count). The SMILES string of the molecule is CCC(C(=O)C(=O)O)C1SC[C@H]2C1N(Cc1ccccc1)CN2Cc1ccccc1. The Kier molecular flexibility index (Phi) is 6.56. The van der Waals surface area contributed by atoms with Crippen LogP contribution in [0.3, 0.4) is 0 Å². The minimum absolute atomic E-state index is 0.00749. The number of hydrogen-bond acceptors (Lipinski definition) is 5. The molecule has 2 aliphatic heterocycles. The molecule has 0 saturated carbocycles. The predicted molar refractivity (Wildman–Crippen MR) is 119 cm³/mol.